The summed E-state index contributed by atoms with van der Waals surface area (Å²) in [6.45, 7) is 0. The van der Waals surface area contributed by atoms with Gasteiger partial charge in [-0.2, -0.15) is 13.2 Å². The maximum absolute atomic E-state index is 13.8. The van der Waals surface area contributed by atoms with Crippen LogP contribution >= 0.6 is 11.8 Å². The summed E-state index contributed by atoms with van der Waals surface area (Å²) in [5, 5.41) is 10.6. The molecule has 1 unspecified atom stereocenters. The van der Waals surface area contributed by atoms with Crippen LogP contribution in [0.1, 0.15) is 6.42 Å². The number of hydrogen-bond acceptors (Lipinski definition) is 5. The van der Waals surface area contributed by atoms with E-state index in [2.05, 4.69) is 15.5 Å². The molecule has 1 atom stereocenters. The third-order valence-electron chi connectivity index (χ3n) is 4.65. The zero-order valence-corrected chi connectivity index (χ0v) is 16.7. The van der Waals surface area contributed by atoms with Crippen LogP contribution in [0.15, 0.2) is 66.1 Å². The van der Waals surface area contributed by atoms with E-state index in [0.717, 1.165) is 17.4 Å². The molecule has 31 heavy (non-hydrogen) atoms. The largest absolute Gasteiger partial charge is 0.409 e. The highest BCUT2D eigenvalue weighted by atomic mass is 32.2. The Labute approximate surface area is 179 Å². The number of hydrogen-bond donors (Lipinski definition) is 1. The van der Waals surface area contributed by atoms with E-state index in [4.69, 9.17) is 0 Å². The summed E-state index contributed by atoms with van der Waals surface area (Å²) in [7, 11) is 0. The molecule has 2 amide bonds. The number of para-hydroxylation sites is 3. The summed E-state index contributed by atoms with van der Waals surface area (Å²) in [6, 6.07) is 12.8. The van der Waals surface area contributed by atoms with Crippen molar-refractivity contribution in [1.29, 1.82) is 0 Å². The second-order valence-electron chi connectivity index (χ2n) is 6.70. The van der Waals surface area contributed by atoms with Gasteiger partial charge in [-0.1, -0.05) is 42.1 Å². The predicted molar refractivity (Wildman–Crippen MR) is 109 cm³/mol. The van der Waals surface area contributed by atoms with Crippen molar-refractivity contribution in [2.75, 3.05) is 16.0 Å². The molecule has 11 heteroatoms. The molecule has 3 aromatic rings. The number of thioether (sulfide) groups is 1. The smallest absolute Gasteiger partial charge is 0.324 e. The lowest BCUT2D eigenvalue weighted by Gasteiger charge is -2.31. The molecule has 160 valence electrons. The van der Waals surface area contributed by atoms with Gasteiger partial charge in [0.05, 0.1) is 23.5 Å². The Bertz CT molecular complexity index is 1100. The Hall–Kier alpha value is -3.34. The van der Waals surface area contributed by atoms with Crippen molar-refractivity contribution < 1.29 is 22.8 Å². The Balaban J connectivity index is 1.62. The van der Waals surface area contributed by atoms with Crippen molar-refractivity contribution in [2.45, 2.75) is 23.8 Å². The number of carbonyl (C=O) groups excluding carboxylic acids is 2. The minimum Gasteiger partial charge on any atom is -0.324 e. The molecule has 7 nitrogen and oxygen atoms in total. The number of nitrogens with zero attached hydrogens (tertiary/aromatic N) is 4. The van der Waals surface area contributed by atoms with Crippen molar-refractivity contribution in [1.82, 2.24) is 14.8 Å². The number of carbonyl (C=O) groups is 2. The molecule has 0 spiro atoms. The minimum atomic E-state index is -4.78. The van der Waals surface area contributed by atoms with Crippen molar-refractivity contribution >= 4 is 35.0 Å². The van der Waals surface area contributed by atoms with Gasteiger partial charge in [-0.25, -0.2) is 0 Å². The Kier molecular flexibility index (Phi) is 5.68. The average Bonchev–Trinajstić information content (AvgIpc) is 3.15. The van der Waals surface area contributed by atoms with Gasteiger partial charge in [0.15, 0.2) is 5.16 Å². The highest BCUT2D eigenvalue weighted by molar-refractivity contribution is 7.99. The normalized spacial score (nSPS) is 16.4. The fourth-order valence-electron chi connectivity index (χ4n) is 3.28. The maximum Gasteiger partial charge on any atom is 0.409 e. The fraction of sp³-hybridized carbons (Fsp3) is 0.200. The Morgan fingerprint density at radius 2 is 1.84 bits per heavy atom. The lowest BCUT2D eigenvalue weighted by atomic mass is 10.1. The van der Waals surface area contributed by atoms with Gasteiger partial charge < -0.3 is 5.32 Å². The highest BCUT2D eigenvalue weighted by Gasteiger charge is 2.48. The molecular formula is C20H16F3N5O2S. The standard InChI is InChI=1S/C20H16F3N5O2S/c21-20(22,23)16-10-17(29)25-14-8-4-5-9-15(14)28(16)18(30)11-31-19-26-24-12-27(19)13-6-2-1-3-7-13/h1-9,12,16H,10-11H2,(H,25,29). The predicted octanol–water partition coefficient (Wildman–Crippen LogP) is 3.67. The number of rotatable bonds is 4. The quantitative estimate of drug-likeness (QED) is 0.618. The number of anilines is 2. The fourth-order valence-corrected chi connectivity index (χ4v) is 4.07. The molecule has 1 aliphatic heterocycles. The molecule has 2 heterocycles. The summed E-state index contributed by atoms with van der Waals surface area (Å²) in [6.07, 6.45) is -4.20. The molecule has 1 N–H and O–H groups in total. The van der Waals surface area contributed by atoms with E-state index in [-0.39, 0.29) is 17.1 Å². The SMILES string of the molecule is O=C1CC(C(F)(F)F)N(C(=O)CSc2nncn2-c2ccccc2)c2ccccc2N1. The van der Waals surface area contributed by atoms with Gasteiger partial charge in [0, 0.05) is 5.69 Å². The molecule has 0 saturated heterocycles. The van der Waals surface area contributed by atoms with Crippen molar-refractivity contribution in [3.05, 3.63) is 60.9 Å². The summed E-state index contributed by atoms with van der Waals surface area (Å²) in [5.74, 6) is -1.92. The molecule has 0 saturated carbocycles. The van der Waals surface area contributed by atoms with Gasteiger partial charge in [-0.15, -0.1) is 10.2 Å². The lowest BCUT2D eigenvalue weighted by molar-refractivity contribution is -0.157. The highest BCUT2D eigenvalue weighted by Crippen LogP contribution is 2.38. The molecule has 0 radical (unpaired) electrons. The number of amides is 2. The molecule has 1 aromatic heterocycles. The van der Waals surface area contributed by atoms with Crippen LogP contribution in [-0.4, -0.2) is 44.5 Å². The van der Waals surface area contributed by atoms with E-state index < -0.39 is 30.5 Å². The molecule has 1 aliphatic rings. The molecular weight excluding hydrogens is 431 g/mol. The summed E-state index contributed by atoms with van der Waals surface area (Å²) < 4.78 is 43.0. The van der Waals surface area contributed by atoms with Gasteiger partial charge in [0.25, 0.3) is 0 Å². The number of benzene rings is 2. The number of nitrogens with one attached hydrogen (secondary N) is 1. The number of halogens is 3. The summed E-state index contributed by atoms with van der Waals surface area (Å²) in [5.41, 5.74) is 0.918. The second kappa shape index (κ2) is 8.42. The van der Waals surface area contributed by atoms with Crippen LogP contribution < -0.4 is 10.2 Å². The second-order valence-corrected chi connectivity index (χ2v) is 7.64. The molecule has 4 rings (SSSR count). The van der Waals surface area contributed by atoms with Gasteiger partial charge in [0.1, 0.15) is 12.4 Å². The van der Waals surface area contributed by atoms with Crippen molar-refractivity contribution in [3.63, 3.8) is 0 Å². The van der Waals surface area contributed by atoms with Crippen LogP contribution in [-0.2, 0) is 9.59 Å². The zero-order chi connectivity index (χ0) is 22.0. The maximum atomic E-state index is 13.8. The first kappa shape index (κ1) is 20.9. The number of aromatic nitrogens is 3. The Morgan fingerprint density at radius 3 is 2.58 bits per heavy atom. The topological polar surface area (TPSA) is 80.1 Å². The van der Waals surface area contributed by atoms with Crippen LogP contribution in [0.4, 0.5) is 24.5 Å². The van der Waals surface area contributed by atoms with E-state index in [1.807, 2.05) is 30.3 Å². The third kappa shape index (κ3) is 4.41. The van der Waals surface area contributed by atoms with Crippen LogP contribution in [0, 0.1) is 0 Å². The van der Waals surface area contributed by atoms with Gasteiger partial charge in [0.2, 0.25) is 11.8 Å². The minimum absolute atomic E-state index is 0.00537. The third-order valence-corrected chi connectivity index (χ3v) is 5.58. The molecule has 0 aliphatic carbocycles. The first-order valence-electron chi connectivity index (χ1n) is 9.20. The molecule has 0 fully saturated rings. The first-order valence-corrected chi connectivity index (χ1v) is 10.2. The first-order chi connectivity index (χ1) is 14.8. The lowest BCUT2D eigenvalue weighted by Crippen LogP contribution is -2.50. The van der Waals surface area contributed by atoms with E-state index >= 15 is 0 Å². The van der Waals surface area contributed by atoms with E-state index in [9.17, 15) is 22.8 Å². The summed E-state index contributed by atoms with van der Waals surface area (Å²) in [4.78, 5) is 25.7. The van der Waals surface area contributed by atoms with Crippen LogP contribution in [0.25, 0.3) is 5.69 Å². The van der Waals surface area contributed by atoms with Crippen molar-refractivity contribution in [3.8, 4) is 5.69 Å². The summed E-state index contributed by atoms with van der Waals surface area (Å²) >= 11 is 0.971. The number of fused-ring (bicyclic) bond motifs is 1. The van der Waals surface area contributed by atoms with Gasteiger partial charge >= 0.3 is 6.18 Å². The van der Waals surface area contributed by atoms with E-state index in [1.165, 1.54) is 24.5 Å². The number of alkyl halides is 3. The van der Waals surface area contributed by atoms with Crippen LogP contribution in [0.3, 0.4) is 0 Å². The molecule has 2 aromatic carbocycles. The zero-order valence-electron chi connectivity index (χ0n) is 15.9. The monoisotopic (exact) mass is 447 g/mol. The van der Waals surface area contributed by atoms with Crippen molar-refractivity contribution in [2.24, 2.45) is 0 Å². The molecule has 0 bridgehead atoms. The van der Waals surface area contributed by atoms with Gasteiger partial charge in [-0.3, -0.25) is 19.1 Å². The van der Waals surface area contributed by atoms with E-state index in [1.54, 1.807) is 10.6 Å². The average molecular weight is 447 g/mol. The van der Waals surface area contributed by atoms with Gasteiger partial charge in [-0.05, 0) is 24.3 Å². The van der Waals surface area contributed by atoms with Crippen LogP contribution in [0.2, 0.25) is 0 Å². The Morgan fingerprint density at radius 1 is 1.13 bits per heavy atom. The van der Waals surface area contributed by atoms with E-state index in [0.29, 0.717) is 10.1 Å². The van der Waals surface area contributed by atoms with Crippen LogP contribution in [0.5, 0.6) is 0 Å².